The Morgan fingerprint density at radius 2 is 2.05 bits per heavy atom. The molecular formula is C12H7F3N4S2. The number of H-pyrrole nitrogens is 1. The number of alkyl halides is 3. The quantitative estimate of drug-likeness (QED) is 0.721. The van der Waals surface area contributed by atoms with Crippen molar-refractivity contribution in [2.45, 2.75) is 6.18 Å². The summed E-state index contributed by atoms with van der Waals surface area (Å²) in [6.45, 7) is 0. The zero-order valence-electron chi connectivity index (χ0n) is 10.3. The molecule has 0 saturated carbocycles. The van der Waals surface area contributed by atoms with E-state index in [1.54, 1.807) is 4.57 Å². The van der Waals surface area contributed by atoms with Gasteiger partial charge in [0.1, 0.15) is 5.69 Å². The van der Waals surface area contributed by atoms with Crippen LogP contribution in [0.5, 0.6) is 0 Å². The van der Waals surface area contributed by atoms with Gasteiger partial charge in [0, 0.05) is 0 Å². The molecule has 0 unspecified atom stereocenters. The van der Waals surface area contributed by atoms with Crippen LogP contribution in [0, 0.1) is 4.77 Å². The van der Waals surface area contributed by atoms with Gasteiger partial charge in [-0.2, -0.15) is 18.3 Å². The van der Waals surface area contributed by atoms with Crippen LogP contribution < -0.4 is 0 Å². The second-order valence-electron chi connectivity index (χ2n) is 4.06. The molecule has 3 heterocycles. The molecule has 4 nitrogen and oxygen atoms in total. The van der Waals surface area contributed by atoms with E-state index in [2.05, 4.69) is 15.2 Å². The van der Waals surface area contributed by atoms with Gasteiger partial charge in [-0.05, 0) is 35.8 Å². The molecule has 0 aliphatic heterocycles. The molecule has 0 bridgehead atoms. The maximum Gasteiger partial charge on any atom is 0.433 e. The van der Waals surface area contributed by atoms with Crippen molar-refractivity contribution in [1.29, 1.82) is 0 Å². The van der Waals surface area contributed by atoms with Gasteiger partial charge in [-0.1, -0.05) is 6.07 Å². The van der Waals surface area contributed by atoms with Crippen LogP contribution in [0.15, 0.2) is 35.8 Å². The summed E-state index contributed by atoms with van der Waals surface area (Å²) in [5.41, 5.74) is -0.524. The van der Waals surface area contributed by atoms with Crippen LogP contribution in [-0.4, -0.2) is 19.7 Å². The van der Waals surface area contributed by atoms with Crippen molar-refractivity contribution >= 4 is 23.6 Å². The van der Waals surface area contributed by atoms with Gasteiger partial charge in [0.05, 0.1) is 16.8 Å². The molecule has 21 heavy (non-hydrogen) atoms. The van der Waals surface area contributed by atoms with Gasteiger partial charge < -0.3 is 0 Å². The van der Waals surface area contributed by atoms with Crippen LogP contribution >= 0.6 is 23.6 Å². The first-order chi connectivity index (χ1) is 9.97. The molecule has 3 aromatic heterocycles. The number of halogens is 3. The van der Waals surface area contributed by atoms with E-state index < -0.39 is 11.9 Å². The number of nitrogens with one attached hydrogen (secondary N) is 1. The molecule has 0 radical (unpaired) electrons. The highest BCUT2D eigenvalue weighted by molar-refractivity contribution is 7.71. The predicted molar refractivity (Wildman–Crippen MR) is 74.9 cm³/mol. The van der Waals surface area contributed by atoms with Crippen LogP contribution in [0.4, 0.5) is 13.2 Å². The van der Waals surface area contributed by atoms with Gasteiger partial charge in [-0.25, -0.2) is 4.98 Å². The average Bonchev–Trinajstić information content (AvgIpc) is 3.06. The van der Waals surface area contributed by atoms with Crippen molar-refractivity contribution in [1.82, 2.24) is 19.7 Å². The smallest absolute Gasteiger partial charge is 0.266 e. The summed E-state index contributed by atoms with van der Waals surface area (Å²) in [7, 11) is 0. The van der Waals surface area contributed by atoms with Gasteiger partial charge in [-0.3, -0.25) is 9.67 Å². The average molecular weight is 328 g/mol. The summed E-state index contributed by atoms with van der Waals surface area (Å²) < 4.78 is 39.5. The van der Waals surface area contributed by atoms with Gasteiger partial charge in [0.25, 0.3) is 0 Å². The maximum absolute atomic E-state index is 12.5. The molecule has 3 rings (SSSR count). The molecule has 0 aliphatic carbocycles. The fourth-order valence-electron chi connectivity index (χ4n) is 1.79. The first-order valence-corrected chi connectivity index (χ1v) is 7.00. The summed E-state index contributed by atoms with van der Waals surface area (Å²) >= 11 is 6.59. The topological polar surface area (TPSA) is 46.5 Å². The number of aromatic nitrogens is 4. The fraction of sp³-hybridized carbons (Fsp3) is 0.0833. The molecule has 0 fully saturated rings. The van der Waals surface area contributed by atoms with E-state index in [-0.39, 0.29) is 0 Å². The zero-order chi connectivity index (χ0) is 15.0. The van der Waals surface area contributed by atoms with E-state index in [0.717, 1.165) is 17.1 Å². The second-order valence-corrected chi connectivity index (χ2v) is 5.40. The van der Waals surface area contributed by atoms with E-state index >= 15 is 0 Å². The number of nitrogens with zero attached hydrogens (tertiary/aromatic N) is 3. The lowest BCUT2D eigenvalue weighted by atomic mass is 10.3. The second kappa shape index (κ2) is 5.08. The van der Waals surface area contributed by atoms with E-state index in [9.17, 15) is 13.2 Å². The Hall–Kier alpha value is -2.00. The highest BCUT2D eigenvalue weighted by atomic mass is 32.1. The Labute approximate surface area is 125 Å². The molecule has 0 atom stereocenters. The van der Waals surface area contributed by atoms with Gasteiger partial charge in [0.2, 0.25) is 0 Å². The van der Waals surface area contributed by atoms with Crippen LogP contribution in [0.1, 0.15) is 5.69 Å². The van der Waals surface area contributed by atoms with Crippen LogP contribution in [0.25, 0.3) is 16.4 Å². The number of rotatable bonds is 2. The molecular weight excluding hydrogens is 321 g/mol. The van der Waals surface area contributed by atoms with Crippen LogP contribution in [0.3, 0.4) is 0 Å². The lowest BCUT2D eigenvalue weighted by Gasteiger charge is -2.08. The summed E-state index contributed by atoms with van der Waals surface area (Å²) in [6, 6.07) is 5.94. The molecule has 0 spiro atoms. The number of hydrogen-bond acceptors (Lipinski definition) is 4. The molecule has 3 aromatic rings. The Morgan fingerprint density at radius 3 is 2.62 bits per heavy atom. The minimum absolute atomic E-state index is 0.292. The monoisotopic (exact) mass is 328 g/mol. The normalized spacial score (nSPS) is 11.8. The summed E-state index contributed by atoms with van der Waals surface area (Å²) in [5, 5.41) is 8.63. The number of aromatic amines is 1. The zero-order valence-corrected chi connectivity index (χ0v) is 11.9. The Kier molecular flexibility index (Phi) is 3.38. The lowest BCUT2D eigenvalue weighted by molar-refractivity contribution is -0.141. The SMILES string of the molecule is FC(F)(F)c1ccc(-n2c(-c3cccs3)n[nH]c2=S)cn1. The number of pyridine rings is 1. The first kappa shape index (κ1) is 14.0. The van der Waals surface area contributed by atoms with Gasteiger partial charge >= 0.3 is 6.18 Å². The predicted octanol–water partition coefficient (Wildman–Crippen LogP) is 4.07. The van der Waals surface area contributed by atoms with E-state index in [1.165, 1.54) is 17.4 Å². The molecule has 0 aliphatic rings. The van der Waals surface area contributed by atoms with Gasteiger partial charge in [-0.15, -0.1) is 11.3 Å². The molecule has 1 N–H and O–H groups in total. The molecule has 0 aromatic carbocycles. The van der Waals surface area contributed by atoms with E-state index in [0.29, 0.717) is 16.3 Å². The molecule has 108 valence electrons. The lowest BCUT2D eigenvalue weighted by Crippen LogP contribution is -2.08. The van der Waals surface area contributed by atoms with Crippen LogP contribution in [0.2, 0.25) is 0 Å². The minimum atomic E-state index is -4.47. The van der Waals surface area contributed by atoms with E-state index in [1.807, 2.05) is 17.5 Å². The maximum atomic E-state index is 12.5. The third-order valence-electron chi connectivity index (χ3n) is 2.71. The summed E-state index contributed by atoms with van der Waals surface area (Å²) in [5.74, 6) is 0.538. The molecule has 9 heteroatoms. The van der Waals surface area contributed by atoms with Crippen molar-refractivity contribution in [2.24, 2.45) is 0 Å². The Morgan fingerprint density at radius 1 is 1.24 bits per heavy atom. The number of thiophene rings is 1. The first-order valence-electron chi connectivity index (χ1n) is 5.72. The summed E-state index contributed by atoms with van der Waals surface area (Å²) in [4.78, 5) is 4.29. The minimum Gasteiger partial charge on any atom is -0.266 e. The molecule has 0 amide bonds. The van der Waals surface area contributed by atoms with Crippen molar-refractivity contribution in [3.05, 3.63) is 46.3 Å². The van der Waals surface area contributed by atoms with E-state index in [4.69, 9.17) is 12.2 Å². The van der Waals surface area contributed by atoms with Crippen molar-refractivity contribution in [2.75, 3.05) is 0 Å². The Bertz CT molecular complexity index is 800. The van der Waals surface area contributed by atoms with Crippen molar-refractivity contribution in [3.8, 4) is 16.4 Å². The van der Waals surface area contributed by atoms with Crippen LogP contribution in [-0.2, 0) is 6.18 Å². The molecule has 0 saturated heterocycles. The number of hydrogen-bond donors (Lipinski definition) is 1. The third kappa shape index (κ3) is 2.61. The largest absolute Gasteiger partial charge is 0.433 e. The van der Waals surface area contributed by atoms with Gasteiger partial charge in [0.15, 0.2) is 10.6 Å². The fourth-order valence-corrected chi connectivity index (χ4v) is 2.73. The highest BCUT2D eigenvalue weighted by Gasteiger charge is 2.32. The van der Waals surface area contributed by atoms with Crippen molar-refractivity contribution < 1.29 is 13.2 Å². The standard InChI is InChI=1S/C12H7F3N4S2/c13-12(14,15)9-4-3-7(6-16-9)19-10(17-18-11(19)20)8-2-1-5-21-8/h1-6H,(H,18,20). The summed E-state index contributed by atoms with van der Waals surface area (Å²) in [6.07, 6.45) is -3.34. The Balaban J connectivity index is 2.09. The van der Waals surface area contributed by atoms with Crippen molar-refractivity contribution in [3.63, 3.8) is 0 Å². The third-order valence-corrected chi connectivity index (χ3v) is 3.85. The highest BCUT2D eigenvalue weighted by Crippen LogP contribution is 2.29.